The minimum atomic E-state index is 0.229. The summed E-state index contributed by atoms with van der Waals surface area (Å²) in [7, 11) is 0. The average Bonchev–Trinajstić information content (AvgIpc) is 2.35. The Hall–Kier alpha value is -0.570. The molecule has 19 heavy (non-hydrogen) atoms. The first-order valence-corrected chi connectivity index (χ1v) is 7.79. The smallest absolute Gasteiger partial charge is 0.220 e. The van der Waals surface area contributed by atoms with Gasteiger partial charge in [-0.05, 0) is 55.4 Å². The fraction of sp³-hybridized carbons (Fsp3) is 0.938. The van der Waals surface area contributed by atoms with E-state index in [1.807, 2.05) is 0 Å². The van der Waals surface area contributed by atoms with Gasteiger partial charge in [-0.15, -0.1) is 0 Å². The van der Waals surface area contributed by atoms with Crippen molar-refractivity contribution in [3.63, 3.8) is 0 Å². The van der Waals surface area contributed by atoms with Crippen LogP contribution in [0.5, 0.6) is 0 Å². The van der Waals surface area contributed by atoms with Crippen LogP contribution in [0.3, 0.4) is 0 Å². The molecule has 0 aromatic carbocycles. The van der Waals surface area contributed by atoms with Crippen LogP contribution in [0.4, 0.5) is 0 Å². The Morgan fingerprint density at radius 3 is 2.21 bits per heavy atom. The maximum Gasteiger partial charge on any atom is 0.220 e. The summed E-state index contributed by atoms with van der Waals surface area (Å²) in [5.74, 6) is 2.00. The molecule has 0 heterocycles. The molecule has 1 fully saturated rings. The van der Waals surface area contributed by atoms with Gasteiger partial charge in [-0.3, -0.25) is 4.79 Å². The third-order valence-corrected chi connectivity index (χ3v) is 4.86. The molecule has 0 spiro atoms. The maximum absolute atomic E-state index is 12.0. The van der Waals surface area contributed by atoms with Crippen molar-refractivity contribution in [2.45, 2.75) is 59.8 Å². The first kappa shape index (κ1) is 16.5. The Labute approximate surface area is 118 Å². The number of nitrogens with one attached hydrogen (secondary N) is 1. The number of carbonyl (C=O) groups is 1. The molecular weight excluding hydrogens is 236 g/mol. The molecule has 1 aliphatic rings. The SMILES string of the molecule is CC(CNC(=O)CC1CCC(CN)CC1)C(C)(C)C. The fourth-order valence-corrected chi connectivity index (χ4v) is 2.58. The van der Waals surface area contributed by atoms with Crippen LogP contribution in [0.2, 0.25) is 0 Å². The van der Waals surface area contributed by atoms with Crippen LogP contribution in [-0.4, -0.2) is 19.0 Å². The largest absolute Gasteiger partial charge is 0.356 e. The average molecular weight is 268 g/mol. The Morgan fingerprint density at radius 1 is 1.21 bits per heavy atom. The number of carbonyl (C=O) groups excluding carboxylic acids is 1. The third-order valence-electron chi connectivity index (χ3n) is 4.86. The summed E-state index contributed by atoms with van der Waals surface area (Å²) in [6.07, 6.45) is 5.45. The summed E-state index contributed by atoms with van der Waals surface area (Å²) >= 11 is 0. The molecule has 3 N–H and O–H groups in total. The van der Waals surface area contributed by atoms with Crippen LogP contribution in [0, 0.1) is 23.2 Å². The van der Waals surface area contributed by atoms with Crippen molar-refractivity contribution in [1.29, 1.82) is 0 Å². The standard InChI is InChI=1S/C16H32N2O/c1-12(16(2,3)4)11-18-15(19)9-13-5-7-14(10-17)8-6-13/h12-14H,5-11,17H2,1-4H3,(H,18,19). The number of rotatable bonds is 5. The second-order valence-corrected chi connectivity index (χ2v) is 7.40. The van der Waals surface area contributed by atoms with Crippen molar-refractivity contribution in [2.24, 2.45) is 28.9 Å². The van der Waals surface area contributed by atoms with E-state index in [-0.39, 0.29) is 11.3 Å². The van der Waals surface area contributed by atoms with E-state index in [1.165, 1.54) is 25.7 Å². The maximum atomic E-state index is 12.0. The zero-order valence-electron chi connectivity index (χ0n) is 13.2. The van der Waals surface area contributed by atoms with E-state index in [0.717, 1.165) is 13.1 Å². The summed E-state index contributed by atoms with van der Waals surface area (Å²) in [6.45, 7) is 10.5. The highest BCUT2D eigenvalue weighted by Gasteiger charge is 2.23. The van der Waals surface area contributed by atoms with Crippen LogP contribution < -0.4 is 11.1 Å². The molecule has 3 nitrogen and oxygen atoms in total. The second-order valence-electron chi connectivity index (χ2n) is 7.40. The fourth-order valence-electron chi connectivity index (χ4n) is 2.58. The van der Waals surface area contributed by atoms with Crippen molar-refractivity contribution >= 4 is 5.91 Å². The van der Waals surface area contributed by atoms with Gasteiger partial charge in [0.2, 0.25) is 5.91 Å². The van der Waals surface area contributed by atoms with E-state index >= 15 is 0 Å². The van der Waals surface area contributed by atoms with E-state index in [2.05, 4.69) is 33.0 Å². The van der Waals surface area contributed by atoms with E-state index < -0.39 is 0 Å². The Balaban J connectivity index is 2.22. The summed E-state index contributed by atoms with van der Waals surface area (Å²) in [4.78, 5) is 12.0. The third kappa shape index (κ3) is 5.94. The van der Waals surface area contributed by atoms with Crippen LogP contribution in [-0.2, 0) is 4.79 Å². The van der Waals surface area contributed by atoms with Crippen LogP contribution in [0.25, 0.3) is 0 Å². The van der Waals surface area contributed by atoms with Crippen molar-refractivity contribution in [3.8, 4) is 0 Å². The molecule has 3 heteroatoms. The van der Waals surface area contributed by atoms with E-state index in [1.54, 1.807) is 0 Å². The van der Waals surface area contributed by atoms with Crippen LogP contribution in [0.1, 0.15) is 59.8 Å². The molecule has 0 aromatic heterocycles. The van der Waals surface area contributed by atoms with Gasteiger partial charge in [0, 0.05) is 13.0 Å². The minimum absolute atomic E-state index is 0.229. The summed E-state index contributed by atoms with van der Waals surface area (Å²) in [5, 5.41) is 3.10. The van der Waals surface area contributed by atoms with Gasteiger partial charge in [0.05, 0.1) is 0 Å². The lowest BCUT2D eigenvalue weighted by molar-refractivity contribution is -0.122. The van der Waals surface area contributed by atoms with Gasteiger partial charge in [0.15, 0.2) is 0 Å². The van der Waals surface area contributed by atoms with Crippen LogP contribution >= 0.6 is 0 Å². The lowest BCUT2D eigenvalue weighted by Gasteiger charge is -2.29. The number of amides is 1. The summed E-state index contributed by atoms with van der Waals surface area (Å²) in [6, 6.07) is 0. The number of hydrogen-bond donors (Lipinski definition) is 2. The molecule has 1 rings (SSSR count). The Kier molecular flexibility index (Phi) is 6.31. The van der Waals surface area contributed by atoms with E-state index in [4.69, 9.17) is 5.73 Å². The van der Waals surface area contributed by atoms with Gasteiger partial charge in [-0.25, -0.2) is 0 Å². The molecule has 112 valence electrons. The highest BCUT2D eigenvalue weighted by Crippen LogP contribution is 2.30. The second kappa shape index (κ2) is 7.28. The zero-order valence-corrected chi connectivity index (χ0v) is 13.2. The lowest BCUT2D eigenvalue weighted by Crippen LogP contribution is -2.35. The van der Waals surface area contributed by atoms with Gasteiger partial charge >= 0.3 is 0 Å². The molecule has 1 unspecified atom stereocenters. The predicted molar refractivity (Wildman–Crippen MR) is 80.7 cm³/mol. The molecule has 1 amide bonds. The first-order chi connectivity index (χ1) is 8.82. The minimum Gasteiger partial charge on any atom is -0.356 e. The van der Waals surface area contributed by atoms with Gasteiger partial charge in [0.25, 0.3) is 0 Å². The summed E-state index contributed by atoms with van der Waals surface area (Å²) < 4.78 is 0. The number of nitrogens with two attached hydrogens (primary N) is 1. The van der Waals surface area contributed by atoms with Gasteiger partial charge < -0.3 is 11.1 Å². The van der Waals surface area contributed by atoms with Gasteiger partial charge in [-0.2, -0.15) is 0 Å². The lowest BCUT2D eigenvalue weighted by atomic mass is 9.80. The molecule has 1 aliphatic carbocycles. The zero-order chi connectivity index (χ0) is 14.5. The normalized spacial score (nSPS) is 25.9. The molecular formula is C16H32N2O. The molecule has 0 aromatic rings. The highest BCUT2D eigenvalue weighted by molar-refractivity contribution is 5.76. The molecule has 0 radical (unpaired) electrons. The molecule has 0 bridgehead atoms. The van der Waals surface area contributed by atoms with Crippen molar-refractivity contribution in [1.82, 2.24) is 5.32 Å². The van der Waals surface area contributed by atoms with Crippen molar-refractivity contribution in [2.75, 3.05) is 13.1 Å². The topological polar surface area (TPSA) is 55.1 Å². The first-order valence-electron chi connectivity index (χ1n) is 7.79. The van der Waals surface area contributed by atoms with Gasteiger partial charge in [-0.1, -0.05) is 27.7 Å². The monoisotopic (exact) mass is 268 g/mol. The van der Waals surface area contributed by atoms with E-state index in [0.29, 0.717) is 24.2 Å². The quantitative estimate of drug-likeness (QED) is 0.805. The highest BCUT2D eigenvalue weighted by atomic mass is 16.1. The van der Waals surface area contributed by atoms with Gasteiger partial charge in [0.1, 0.15) is 0 Å². The van der Waals surface area contributed by atoms with E-state index in [9.17, 15) is 4.79 Å². The Bertz CT molecular complexity index is 275. The molecule has 0 aliphatic heterocycles. The molecule has 0 saturated heterocycles. The van der Waals surface area contributed by atoms with Crippen LogP contribution in [0.15, 0.2) is 0 Å². The molecule has 1 saturated carbocycles. The molecule has 1 atom stereocenters. The predicted octanol–water partition coefficient (Wildman–Crippen LogP) is 2.94. The van der Waals surface area contributed by atoms with Crippen molar-refractivity contribution in [3.05, 3.63) is 0 Å². The van der Waals surface area contributed by atoms with Crippen molar-refractivity contribution < 1.29 is 4.79 Å². The number of hydrogen-bond acceptors (Lipinski definition) is 2. The Morgan fingerprint density at radius 2 is 1.74 bits per heavy atom. The summed E-state index contributed by atoms with van der Waals surface area (Å²) in [5.41, 5.74) is 5.95.